The Balaban J connectivity index is 1.30. The van der Waals surface area contributed by atoms with Crippen LogP contribution in [-0.4, -0.2) is 6.71 Å². The van der Waals surface area contributed by atoms with Crippen molar-refractivity contribution in [2.75, 3.05) is 9.80 Å². The Morgan fingerprint density at radius 3 is 1.38 bits per heavy atom. The molecule has 1 atom stereocenters. The molecule has 5 aromatic rings. The number of furan rings is 1. The van der Waals surface area contributed by atoms with E-state index in [2.05, 4.69) is 195 Å². The topological polar surface area (TPSA) is 19.6 Å². The van der Waals surface area contributed by atoms with Gasteiger partial charge < -0.3 is 14.2 Å². The van der Waals surface area contributed by atoms with Gasteiger partial charge in [0.2, 0.25) is 0 Å². The van der Waals surface area contributed by atoms with E-state index in [0.717, 1.165) is 24.9 Å². The molecule has 1 aromatic heterocycles. The molecule has 68 heavy (non-hydrogen) atoms. The van der Waals surface area contributed by atoms with Crippen LogP contribution in [0.4, 0.5) is 34.1 Å². The first-order valence-corrected chi connectivity index (χ1v) is 27.0. The molecule has 4 aromatic carbocycles. The van der Waals surface area contributed by atoms with Crippen LogP contribution in [0.25, 0.3) is 0 Å². The third kappa shape index (κ3) is 6.48. The fourth-order valence-electron chi connectivity index (χ4n) is 14.4. The number of benzene rings is 4. The average Bonchev–Trinajstić information content (AvgIpc) is 3.69. The Hall–Kier alpha value is -4.18. The van der Waals surface area contributed by atoms with Crippen molar-refractivity contribution in [2.24, 2.45) is 0 Å². The van der Waals surface area contributed by atoms with Crippen LogP contribution in [0.1, 0.15) is 239 Å². The largest absolute Gasteiger partial charge is 0.472 e. The predicted octanol–water partition coefficient (Wildman–Crippen LogP) is 16.3. The van der Waals surface area contributed by atoms with Gasteiger partial charge in [-0.2, -0.15) is 0 Å². The first kappa shape index (κ1) is 46.2. The van der Waals surface area contributed by atoms with Gasteiger partial charge in [0.15, 0.2) is 0 Å². The van der Waals surface area contributed by atoms with Crippen molar-refractivity contribution in [1.82, 2.24) is 0 Å². The molecule has 0 spiro atoms. The Morgan fingerprint density at radius 1 is 0.471 bits per heavy atom. The zero-order valence-electron chi connectivity index (χ0n) is 45.6. The second-order valence-electron chi connectivity index (χ2n) is 28.4. The highest BCUT2D eigenvalue weighted by Crippen LogP contribution is 2.58. The summed E-state index contributed by atoms with van der Waals surface area (Å²) in [5.41, 5.74) is 24.0. The summed E-state index contributed by atoms with van der Waals surface area (Å²) in [7, 11) is 0. The molecule has 11 rings (SSSR count). The fourth-order valence-corrected chi connectivity index (χ4v) is 14.4. The Labute approximate surface area is 412 Å². The van der Waals surface area contributed by atoms with Gasteiger partial charge in [-0.3, -0.25) is 0 Å². The van der Waals surface area contributed by atoms with Crippen LogP contribution in [0, 0.1) is 0 Å². The molecule has 4 heteroatoms. The number of anilines is 6. The van der Waals surface area contributed by atoms with Crippen molar-refractivity contribution in [3.05, 3.63) is 111 Å². The summed E-state index contributed by atoms with van der Waals surface area (Å²) in [6, 6.07) is 25.8. The third-order valence-corrected chi connectivity index (χ3v) is 19.9. The Morgan fingerprint density at radius 2 is 0.882 bits per heavy atom. The molecule has 0 saturated carbocycles. The number of nitrogens with zero attached hydrogens (tertiary/aromatic N) is 2. The minimum Gasteiger partial charge on any atom is -0.472 e. The van der Waals surface area contributed by atoms with Gasteiger partial charge in [-0.25, -0.2) is 0 Å². The van der Waals surface area contributed by atoms with Crippen LogP contribution < -0.4 is 26.4 Å². The molecule has 6 aliphatic rings. The lowest BCUT2D eigenvalue weighted by atomic mass is 9.35. The van der Waals surface area contributed by atoms with Crippen LogP contribution in [0.15, 0.2) is 65.1 Å². The van der Waals surface area contributed by atoms with E-state index in [1.165, 1.54) is 134 Å². The van der Waals surface area contributed by atoms with E-state index in [1.54, 1.807) is 0 Å². The summed E-state index contributed by atoms with van der Waals surface area (Å²) in [6.45, 7) is 44.4. The number of fused-ring (bicyclic) bond motifs is 9. The smallest absolute Gasteiger partial charge is 0.297 e. The summed E-state index contributed by atoms with van der Waals surface area (Å²) in [6.07, 6.45) is 10.4. The normalized spacial score (nSPS) is 23.5. The van der Waals surface area contributed by atoms with Gasteiger partial charge in [-0.1, -0.05) is 143 Å². The zero-order valence-corrected chi connectivity index (χ0v) is 45.6. The van der Waals surface area contributed by atoms with E-state index in [-0.39, 0.29) is 50.0 Å². The van der Waals surface area contributed by atoms with Crippen molar-refractivity contribution < 1.29 is 4.42 Å². The molecule has 0 N–H and O–H groups in total. The van der Waals surface area contributed by atoms with Crippen LogP contribution in [-0.2, 0) is 43.3 Å². The molecule has 2 aliphatic heterocycles. The molecule has 1 unspecified atom stereocenters. The maximum atomic E-state index is 7.87. The lowest BCUT2D eigenvalue weighted by molar-refractivity contribution is 0.282. The summed E-state index contributed by atoms with van der Waals surface area (Å²) in [4.78, 5) is 5.48. The molecule has 4 aliphatic carbocycles. The molecule has 0 amide bonds. The number of rotatable bonds is 4. The molecule has 0 radical (unpaired) electrons. The summed E-state index contributed by atoms with van der Waals surface area (Å²) in [5.74, 6) is 1.58. The second-order valence-corrected chi connectivity index (χ2v) is 28.4. The van der Waals surface area contributed by atoms with E-state index >= 15 is 0 Å². The Kier molecular flexibility index (Phi) is 9.68. The van der Waals surface area contributed by atoms with Crippen molar-refractivity contribution in [3.63, 3.8) is 0 Å². The van der Waals surface area contributed by atoms with Crippen molar-refractivity contribution in [3.8, 4) is 0 Å². The van der Waals surface area contributed by atoms with E-state index in [9.17, 15) is 0 Å². The van der Waals surface area contributed by atoms with E-state index in [0.29, 0.717) is 5.92 Å². The lowest BCUT2D eigenvalue weighted by Crippen LogP contribution is -2.61. The van der Waals surface area contributed by atoms with Gasteiger partial charge in [0.25, 0.3) is 6.71 Å². The molecule has 0 fully saturated rings. The standard InChI is InChI=1S/C64H83BN2O/c1-19-38(2)39-32-50-53-51(33-39)67(41-21-23-43-45(35-41)60(9,10)27-25-58(43,5)6)54-52-55(64(17,18)31-30-63(52,15)16)68-56(54)65(53)48-36-46-47(62(13,14)29-28-61(46,11)12)37-49(48)66(50)40-20-22-42-44(34-40)59(7,8)26-24-57(42,3)4/h20-23,32-38H,19,24-31H2,1-18H3. The minimum absolute atomic E-state index is 0.0509. The first-order chi connectivity index (χ1) is 31.5. The maximum absolute atomic E-state index is 7.87. The third-order valence-electron chi connectivity index (χ3n) is 19.9. The van der Waals surface area contributed by atoms with Crippen LogP contribution in [0.5, 0.6) is 0 Å². The van der Waals surface area contributed by atoms with Crippen LogP contribution in [0.3, 0.4) is 0 Å². The van der Waals surface area contributed by atoms with Gasteiger partial charge >= 0.3 is 0 Å². The van der Waals surface area contributed by atoms with Crippen molar-refractivity contribution in [1.29, 1.82) is 0 Å². The van der Waals surface area contributed by atoms with Gasteiger partial charge in [-0.15, -0.1) is 0 Å². The second kappa shape index (κ2) is 14.2. The Bertz CT molecular complexity index is 2950. The fraction of sp³-hybridized carbons (Fsp3) is 0.562. The maximum Gasteiger partial charge on any atom is 0.297 e. The monoisotopic (exact) mass is 907 g/mol. The van der Waals surface area contributed by atoms with Gasteiger partial charge in [0.05, 0.1) is 11.3 Å². The highest BCUT2D eigenvalue weighted by atomic mass is 16.3. The number of hydrogen-bond acceptors (Lipinski definition) is 3. The minimum atomic E-state index is -0.0955. The van der Waals surface area contributed by atoms with Crippen LogP contribution >= 0.6 is 0 Å². The summed E-state index contributed by atoms with van der Waals surface area (Å²) >= 11 is 0. The van der Waals surface area contributed by atoms with E-state index in [1.807, 2.05) is 0 Å². The first-order valence-electron chi connectivity index (χ1n) is 27.0. The van der Waals surface area contributed by atoms with Gasteiger partial charge in [0, 0.05) is 39.4 Å². The lowest BCUT2D eigenvalue weighted by Gasteiger charge is -2.48. The van der Waals surface area contributed by atoms with Gasteiger partial charge in [0.1, 0.15) is 5.76 Å². The highest BCUT2D eigenvalue weighted by molar-refractivity contribution is 6.99. The molecule has 358 valence electrons. The molecular weight excluding hydrogens is 824 g/mol. The van der Waals surface area contributed by atoms with Gasteiger partial charge in [-0.05, 0) is 194 Å². The summed E-state index contributed by atoms with van der Waals surface area (Å²) < 4.78 is 7.87. The molecular formula is C64H83BN2O. The molecule has 3 heterocycles. The zero-order chi connectivity index (χ0) is 48.8. The van der Waals surface area contributed by atoms with Crippen molar-refractivity contribution in [2.45, 2.75) is 232 Å². The predicted molar refractivity (Wildman–Crippen MR) is 293 cm³/mol. The highest BCUT2D eigenvalue weighted by Gasteiger charge is 2.54. The molecule has 3 nitrogen and oxygen atoms in total. The van der Waals surface area contributed by atoms with E-state index in [4.69, 9.17) is 4.42 Å². The summed E-state index contributed by atoms with van der Waals surface area (Å²) in [5, 5.41) is 0. The average molecular weight is 907 g/mol. The van der Waals surface area contributed by atoms with Crippen LogP contribution in [0.2, 0.25) is 0 Å². The SMILES string of the molecule is CCC(C)c1cc2c3c(c1)N(c1ccc4c(c1)C(C)(C)CCC4(C)C)c1c(oc4c1C(C)(C)CCC4(C)C)B3c1cc3c(cc1N2c1ccc2c(c1)C(C)(C)CCC2(C)C)C(C)(C)CCC3(C)C. The molecule has 0 saturated heterocycles. The molecule has 0 bridgehead atoms. The number of hydrogen-bond donors (Lipinski definition) is 0. The van der Waals surface area contributed by atoms with E-state index < -0.39 is 0 Å². The quantitative estimate of drug-likeness (QED) is 0.164. The van der Waals surface area contributed by atoms with Crippen molar-refractivity contribution >= 4 is 57.4 Å².